The smallest absolute Gasteiger partial charge is 0.229 e. The van der Waals surface area contributed by atoms with Gasteiger partial charge in [-0.3, -0.25) is 0 Å². The van der Waals surface area contributed by atoms with Gasteiger partial charge in [0.05, 0.1) is 27.9 Å². The third-order valence-electron chi connectivity index (χ3n) is 7.29. The van der Waals surface area contributed by atoms with Crippen molar-refractivity contribution in [2.45, 2.75) is 36.9 Å². The fraction of sp³-hybridized carbons (Fsp3) is 0.538. The van der Waals surface area contributed by atoms with Gasteiger partial charge >= 0.3 is 0 Å². The van der Waals surface area contributed by atoms with E-state index in [4.69, 9.17) is 23.7 Å². The van der Waals surface area contributed by atoms with Crippen LogP contribution in [-0.4, -0.2) is 96.4 Å². The number of rotatable bonds is 8. The zero-order chi connectivity index (χ0) is 26.9. The van der Waals surface area contributed by atoms with Gasteiger partial charge in [-0.2, -0.15) is 0 Å². The van der Waals surface area contributed by atoms with Crippen molar-refractivity contribution in [1.29, 1.82) is 0 Å². The lowest BCUT2D eigenvalue weighted by Crippen LogP contribution is -2.54. The van der Waals surface area contributed by atoms with Gasteiger partial charge in [-0.25, -0.2) is 0 Å². The molecule has 2 aromatic rings. The number of hydrogen-bond donors (Lipinski definition) is 6. The summed E-state index contributed by atoms with van der Waals surface area (Å²) in [6.07, 6.45) is -4.95. The molecule has 4 rings (SSSR count). The second-order valence-electron chi connectivity index (χ2n) is 9.28. The molecule has 0 amide bonds. The highest BCUT2D eigenvalue weighted by atomic mass is 16.7. The second kappa shape index (κ2) is 11.3. The van der Waals surface area contributed by atoms with E-state index in [-0.39, 0.29) is 48.9 Å². The lowest BCUT2D eigenvalue weighted by Gasteiger charge is -2.39. The molecule has 2 aromatic carbocycles. The van der Waals surface area contributed by atoms with E-state index >= 15 is 0 Å². The summed E-state index contributed by atoms with van der Waals surface area (Å²) in [6.45, 7) is -0.595. The first kappa shape index (κ1) is 27.2. The Kier molecular flexibility index (Phi) is 8.32. The number of benzene rings is 2. The lowest BCUT2D eigenvalue weighted by atomic mass is 9.66. The molecule has 2 aliphatic rings. The van der Waals surface area contributed by atoms with Crippen LogP contribution in [0.5, 0.6) is 28.7 Å². The molecule has 1 aliphatic carbocycles. The molecule has 37 heavy (non-hydrogen) atoms. The quantitative estimate of drug-likeness (QED) is 0.279. The number of aliphatic hydroxyl groups is 5. The fourth-order valence-electron chi connectivity index (χ4n) is 5.37. The van der Waals surface area contributed by atoms with Crippen molar-refractivity contribution in [2.75, 3.05) is 41.2 Å². The number of hydrogen-bond acceptors (Lipinski definition) is 11. The Morgan fingerprint density at radius 3 is 2.24 bits per heavy atom. The predicted molar refractivity (Wildman–Crippen MR) is 129 cm³/mol. The van der Waals surface area contributed by atoms with Crippen LogP contribution in [0.25, 0.3) is 0 Å². The van der Waals surface area contributed by atoms with Gasteiger partial charge < -0.3 is 54.3 Å². The minimum Gasteiger partial charge on any atom is -0.504 e. The molecular weight excluding hydrogens is 488 g/mol. The van der Waals surface area contributed by atoms with Crippen molar-refractivity contribution < 1.29 is 54.3 Å². The maximum absolute atomic E-state index is 10.7. The van der Waals surface area contributed by atoms with Crippen molar-refractivity contribution in [3.05, 3.63) is 41.0 Å². The molecular formula is C26H34O11. The molecule has 6 N–H and O–H groups in total. The van der Waals surface area contributed by atoms with E-state index in [0.29, 0.717) is 17.9 Å². The van der Waals surface area contributed by atoms with Gasteiger partial charge in [-0.15, -0.1) is 0 Å². The Hall–Kier alpha value is -2.80. The van der Waals surface area contributed by atoms with Gasteiger partial charge in [0.25, 0.3) is 0 Å². The molecule has 0 saturated carbocycles. The number of fused-ring (bicyclic) bond motifs is 1. The SMILES string of the molecule is COc1cc(C2c3cc(O)c(OC)c(OC)c3CC(CO)C2CO)ccc1OC1OCC(O)C(O)C1O. The highest BCUT2D eigenvalue weighted by molar-refractivity contribution is 5.62. The fourth-order valence-corrected chi connectivity index (χ4v) is 5.37. The Morgan fingerprint density at radius 2 is 1.62 bits per heavy atom. The van der Waals surface area contributed by atoms with Crippen molar-refractivity contribution in [2.24, 2.45) is 11.8 Å². The number of aromatic hydroxyl groups is 1. The topological polar surface area (TPSA) is 168 Å². The van der Waals surface area contributed by atoms with Crippen LogP contribution in [-0.2, 0) is 11.2 Å². The highest BCUT2D eigenvalue weighted by Gasteiger charge is 2.41. The summed E-state index contributed by atoms with van der Waals surface area (Å²) in [5.74, 6) is -0.163. The van der Waals surface area contributed by atoms with Crippen LogP contribution in [0.15, 0.2) is 24.3 Å². The predicted octanol–water partition coefficient (Wildman–Crippen LogP) is 0.141. The third kappa shape index (κ3) is 4.90. The average molecular weight is 523 g/mol. The van der Waals surface area contributed by atoms with E-state index in [1.54, 1.807) is 24.3 Å². The van der Waals surface area contributed by atoms with Crippen LogP contribution >= 0.6 is 0 Å². The summed E-state index contributed by atoms with van der Waals surface area (Å²) in [5, 5.41) is 61.1. The first-order chi connectivity index (χ1) is 17.8. The van der Waals surface area contributed by atoms with Gasteiger partial charge in [0.2, 0.25) is 12.0 Å². The van der Waals surface area contributed by atoms with Gasteiger partial charge in [-0.1, -0.05) is 6.07 Å². The molecule has 0 spiro atoms. The minimum atomic E-state index is -1.48. The maximum Gasteiger partial charge on any atom is 0.229 e. The van der Waals surface area contributed by atoms with Crippen LogP contribution in [0, 0.1) is 11.8 Å². The summed E-state index contributed by atoms with van der Waals surface area (Å²) in [6, 6.07) is 6.66. The Bertz CT molecular complexity index is 1090. The van der Waals surface area contributed by atoms with Gasteiger partial charge in [0, 0.05) is 24.7 Å². The Morgan fingerprint density at radius 1 is 0.892 bits per heavy atom. The van der Waals surface area contributed by atoms with Crippen LogP contribution in [0.1, 0.15) is 22.6 Å². The number of methoxy groups -OCH3 is 3. The van der Waals surface area contributed by atoms with E-state index in [1.165, 1.54) is 21.3 Å². The molecule has 1 heterocycles. The first-order valence-corrected chi connectivity index (χ1v) is 12.0. The standard InChI is InChI=1S/C26H34O11/c1-33-20-7-12(4-5-19(20)37-26-23(32)22(31)18(30)11-36-26)21-14-8-17(29)25(35-3)24(34-2)15(14)6-13(9-27)16(21)10-28/h4-5,7-8,13,16,18,21-23,26-32H,6,9-11H2,1-3H3. The molecule has 1 fully saturated rings. The Labute approximate surface area is 214 Å². The summed E-state index contributed by atoms with van der Waals surface area (Å²) in [4.78, 5) is 0. The van der Waals surface area contributed by atoms with Gasteiger partial charge in [-0.05, 0) is 47.6 Å². The number of ether oxygens (including phenoxy) is 5. The van der Waals surface area contributed by atoms with E-state index in [1.807, 2.05) is 0 Å². The number of phenolic OH excluding ortho intramolecular Hbond substituents is 1. The molecule has 7 atom stereocenters. The summed E-state index contributed by atoms with van der Waals surface area (Å²) in [5.41, 5.74) is 2.20. The third-order valence-corrected chi connectivity index (χ3v) is 7.29. The largest absolute Gasteiger partial charge is 0.504 e. The van der Waals surface area contributed by atoms with Crippen molar-refractivity contribution in [3.8, 4) is 28.7 Å². The summed E-state index contributed by atoms with van der Waals surface area (Å²) in [7, 11) is 4.35. The van der Waals surface area contributed by atoms with Gasteiger partial charge in [0.15, 0.2) is 23.0 Å². The summed E-state index contributed by atoms with van der Waals surface area (Å²) >= 11 is 0. The molecule has 0 aromatic heterocycles. The Balaban J connectivity index is 1.77. The van der Waals surface area contributed by atoms with Crippen LogP contribution < -0.4 is 18.9 Å². The number of aliphatic hydroxyl groups excluding tert-OH is 5. The molecule has 11 nitrogen and oxygen atoms in total. The summed E-state index contributed by atoms with van der Waals surface area (Å²) < 4.78 is 27.6. The molecule has 11 heteroatoms. The maximum atomic E-state index is 10.7. The molecule has 0 radical (unpaired) electrons. The van der Waals surface area contributed by atoms with E-state index in [9.17, 15) is 30.6 Å². The first-order valence-electron chi connectivity index (χ1n) is 12.0. The van der Waals surface area contributed by atoms with Crippen LogP contribution in [0.3, 0.4) is 0 Å². The number of phenols is 1. The molecule has 204 valence electrons. The molecule has 1 saturated heterocycles. The molecule has 1 aliphatic heterocycles. The normalized spacial score (nSPS) is 29.4. The monoisotopic (exact) mass is 522 g/mol. The molecule has 0 bridgehead atoms. The van der Waals surface area contributed by atoms with E-state index in [2.05, 4.69) is 0 Å². The average Bonchev–Trinajstić information content (AvgIpc) is 2.91. The van der Waals surface area contributed by atoms with Crippen molar-refractivity contribution >= 4 is 0 Å². The highest BCUT2D eigenvalue weighted by Crippen LogP contribution is 2.52. The van der Waals surface area contributed by atoms with Crippen molar-refractivity contribution in [3.63, 3.8) is 0 Å². The van der Waals surface area contributed by atoms with Crippen LogP contribution in [0.4, 0.5) is 0 Å². The lowest BCUT2D eigenvalue weighted by molar-refractivity contribution is -0.242. The van der Waals surface area contributed by atoms with E-state index < -0.39 is 30.5 Å². The van der Waals surface area contributed by atoms with Gasteiger partial charge in [0.1, 0.15) is 18.3 Å². The van der Waals surface area contributed by atoms with E-state index in [0.717, 1.165) is 16.7 Å². The van der Waals surface area contributed by atoms with Crippen molar-refractivity contribution in [1.82, 2.24) is 0 Å². The minimum absolute atomic E-state index is 0.113. The zero-order valence-corrected chi connectivity index (χ0v) is 20.9. The van der Waals surface area contributed by atoms with Crippen LogP contribution in [0.2, 0.25) is 0 Å². The molecule has 7 unspecified atom stereocenters. The zero-order valence-electron chi connectivity index (χ0n) is 20.9. The second-order valence-corrected chi connectivity index (χ2v) is 9.28.